The molecule has 0 aliphatic rings. The highest BCUT2D eigenvalue weighted by Crippen LogP contribution is 2.16. The number of nitrogens with zero attached hydrogens (tertiary/aromatic N) is 4. The molecule has 0 aliphatic heterocycles. The summed E-state index contributed by atoms with van der Waals surface area (Å²) in [4.78, 5) is 16.2. The lowest BCUT2D eigenvalue weighted by Crippen LogP contribution is -2.29. The van der Waals surface area contributed by atoms with Crippen LogP contribution in [0.2, 0.25) is 0 Å². The fourth-order valence-corrected chi connectivity index (χ4v) is 1.88. The molecule has 0 fully saturated rings. The zero-order chi connectivity index (χ0) is 14.7. The van der Waals surface area contributed by atoms with Gasteiger partial charge in [-0.15, -0.1) is 0 Å². The number of carbonyl (C=O) groups is 1. The van der Waals surface area contributed by atoms with Crippen LogP contribution in [0.25, 0.3) is 0 Å². The molecule has 8 heteroatoms. The van der Waals surface area contributed by atoms with Crippen LogP contribution in [0, 0.1) is 13.8 Å². The van der Waals surface area contributed by atoms with E-state index in [4.69, 9.17) is 10.3 Å². The molecule has 0 aromatic carbocycles. The molecule has 3 N–H and O–H groups in total. The topological polar surface area (TPSA) is 112 Å². The number of carbonyl (C=O) groups excluding carboxylic acids is 1. The second-order valence-electron chi connectivity index (χ2n) is 4.40. The Morgan fingerprint density at radius 3 is 2.80 bits per heavy atom. The molecule has 1 amide bonds. The number of hydrogen-bond donors (Lipinski definition) is 2. The average molecular weight is 278 g/mol. The molecular weight excluding hydrogens is 260 g/mol. The number of aromatic nitrogens is 4. The van der Waals surface area contributed by atoms with Gasteiger partial charge in [0, 0.05) is 26.4 Å². The number of amides is 1. The molecule has 0 aliphatic carbocycles. The van der Waals surface area contributed by atoms with Crippen molar-refractivity contribution in [2.75, 3.05) is 12.3 Å². The van der Waals surface area contributed by atoms with E-state index in [-0.39, 0.29) is 5.91 Å². The lowest BCUT2D eigenvalue weighted by atomic mass is 10.3. The number of aryl methyl sites for hydroxylation is 3. The first-order valence-electron chi connectivity index (χ1n) is 6.43. The van der Waals surface area contributed by atoms with Crippen molar-refractivity contribution in [2.45, 2.75) is 33.7 Å². The van der Waals surface area contributed by atoms with Gasteiger partial charge >= 0.3 is 0 Å². The van der Waals surface area contributed by atoms with Crippen molar-refractivity contribution in [3.63, 3.8) is 0 Å². The number of anilines is 1. The Morgan fingerprint density at radius 2 is 2.20 bits per heavy atom. The smallest absolute Gasteiger partial charge is 0.271 e. The van der Waals surface area contributed by atoms with Crippen molar-refractivity contribution in [3.8, 4) is 0 Å². The lowest BCUT2D eigenvalue weighted by molar-refractivity contribution is 0.0944. The Bertz CT molecular complexity index is 615. The fourth-order valence-electron chi connectivity index (χ4n) is 1.88. The van der Waals surface area contributed by atoms with Gasteiger partial charge in [-0.05, 0) is 13.8 Å². The van der Waals surface area contributed by atoms with Crippen molar-refractivity contribution in [1.82, 2.24) is 25.2 Å². The van der Waals surface area contributed by atoms with E-state index < -0.39 is 0 Å². The fraction of sp³-hybridized carbons (Fsp3) is 0.500. The third-order valence-corrected chi connectivity index (χ3v) is 2.89. The van der Waals surface area contributed by atoms with E-state index in [2.05, 4.69) is 20.6 Å². The molecule has 0 saturated carbocycles. The Labute approximate surface area is 116 Å². The third-order valence-electron chi connectivity index (χ3n) is 2.89. The third kappa shape index (κ3) is 2.79. The second kappa shape index (κ2) is 5.72. The molecule has 2 aromatic heterocycles. The molecule has 20 heavy (non-hydrogen) atoms. The van der Waals surface area contributed by atoms with Gasteiger partial charge in [0.15, 0.2) is 5.82 Å². The van der Waals surface area contributed by atoms with Gasteiger partial charge in [-0.1, -0.05) is 5.16 Å². The van der Waals surface area contributed by atoms with Gasteiger partial charge in [0.05, 0.1) is 11.4 Å². The molecule has 0 radical (unpaired) electrons. The summed E-state index contributed by atoms with van der Waals surface area (Å²) in [7, 11) is 0. The average Bonchev–Trinajstić information content (AvgIpc) is 2.94. The predicted octanol–water partition coefficient (Wildman–Crippen LogP) is 0.458. The quantitative estimate of drug-likeness (QED) is 0.821. The number of rotatable bonds is 5. The zero-order valence-electron chi connectivity index (χ0n) is 11.8. The molecule has 0 unspecified atom stereocenters. The first-order valence-corrected chi connectivity index (χ1v) is 6.43. The van der Waals surface area contributed by atoms with Gasteiger partial charge in [-0.3, -0.25) is 9.48 Å². The molecule has 2 aromatic rings. The molecule has 0 atom stereocenters. The molecule has 108 valence electrons. The van der Waals surface area contributed by atoms with Gasteiger partial charge in [0.1, 0.15) is 5.69 Å². The minimum absolute atomic E-state index is 0.245. The maximum Gasteiger partial charge on any atom is 0.271 e. The maximum absolute atomic E-state index is 12.1. The van der Waals surface area contributed by atoms with Crippen molar-refractivity contribution in [2.24, 2.45) is 0 Å². The Morgan fingerprint density at radius 1 is 1.45 bits per heavy atom. The Hall–Kier alpha value is -2.38. The van der Waals surface area contributed by atoms with Gasteiger partial charge in [0.25, 0.3) is 5.91 Å². The maximum atomic E-state index is 12.1. The van der Waals surface area contributed by atoms with Crippen LogP contribution in [0.15, 0.2) is 4.52 Å². The van der Waals surface area contributed by atoms with Crippen LogP contribution in [0.4, 0.5) is 5.69 Å². The van der Waals surface area contributed by atoms with E-state index in [9.17, 15) is 4.79 Å². The van der Waals surface area contributed by atoms with Gasteiger partial charge < -0.3 is 15.6 Å². The van der Waals surface area contributed by atoms with Crippen LogP contribution < -0.4 is 11.1 Å². The summed E-state index contributed by atoms with van der Waals surface area (Å²) in [5.41, 5.74) is 7.35. The van der Waals surface area contributed by atoms with Crippen molar-refractivity contribution in [3.05, 3.63) is 23.1 Å². The van der Waals surface area contributed by atoms with Crippen LogP contribution >= 0.6 is 0 Å². The first kappa shape index (κ1) is 14.0. The van der Waals surface area contributed by atoms with E-state index in [0.717, 1.165) is 0 Å². The highest BCUT2D eigenvalue weighted by atomic mass is 16.5. The van der Waals surface area contributed by atoms with E-state index in [1.807, 2.05) is 6.92 Å². The number of hydrogen-bond acceptors (Lipinski definition) is 6. The van der Waals surface area contributed by atoms with Crippen molar-refractivity contribution in [1.29, 1.82) is 0 Å². The molecule has 2 rings (SSSR count). The van der Waals surface area contributed by atoms with E-state index in [1.165, 1.54) is 0 Å². The second-order valence-corrected chi connectivity index (χ2v) is 4.40. The minimum Gasteiger partial charge on any atom is -0.395 e. The first-order chi connectivity index (χ1) is 9.52. The van der Waals surface area contributed by atoms with E-state index in [1.54, 1.807) is 18.5 Å². The summed E-state index contributed by atoms with van der Waals surface area (Å²) in [6.07, 6.45) is 0.502. The lowest BCUT2D eigenvalue weighted by Gasteiger charge is -2.06. The molecule has 8 nitrogen and oxygen atoms in total. The summed E-state index contributed by atoms with van der Waals surface area (Å²) < 4.78 is 6.45. The SMILES string of the molecule is CCn1nc(C)c(N)c1C(=O)NCCc1noc(C)n1. The van der Waals surface area contributed by atoms with Crippen LogP contribution in [0.3, 0.4) is 0 Å². The summed E-state index contributed by atoms with van der Waals surface area (Å²) in [5.74, 6) is 0.830. The summed E-state index contributed by atoms with van der Waals surface area (Å²) in [5, 5.41) is 10.8. The van der Waals surface area contributed by atoms with Crippen molar-refractivity contribution < 1.29 is 9.32 Å². The van der Waals surface area contributed by atoms with Gasteiger partial charge in [0.2, 0.25) is 5.89 Å². The molecule has 2 heterocycles. The van der Waals surface area contributed by atoms with Crippen LogP contribution in [0.5, 0.6) is 0 Å². The van der Waals surface area contributed by atoms with Crippen molar-refractivity contribution >= 4 is 11.6 Å². The predicted molar refractivity (Wildman–Crippen MR) is 72.1 cm³/mol. The monoisotopic (exact) mass is 278 g/mol. The highest BCUT2D eigenvalue weighted by molar-refractivity contribution is 5.97. The van der Waals surface area contributed by atoms with Gasteiger partial charge in [-0.25, -0.2) is 0 Å². The number of nitrogen functional groups attached to an aromatic ring is 1. The van der Waals surface area contributed by atoms with E-state index >= 15 is 0 Å². The molecule has 0 saturated heterocycles. The Kier molecular flexibility index (Phi) is 4.02. The molecule has 0 bridgehead atoms. The Balaban J connectivity index is 1.98. The van der Waals surface area contributed by atoms with Crippen LogP contribution in [-0.2, 0) is 13.0 Å². The summed E-state index contributed by atoms with van der Waals surface area (Å²) in [6.45, 7) is 6.40. The zero-order valence-corrected chi connectivity index (χ0v) is 11.8. The van der Waals surface area contributed by atoms with E-state index in [0.29, 0.717) is 48.3 Å². The van der Waals surface area contributed by atoms with Crippen LogP contribution in [0.1, 0.15) is 34.8 Å². The molecular formula is C12H18N6O2. The highest BCUT2D eigenvalue weighted by Gasteiger charge is 2.18. The number of nitrogens with two attached hydrogens (primary N) is 1. The van der Waals surface area contributed by atoms with Gasteiger partial charge in [-0.2, -0.15) is 10.1 Å². The van der Waals surface area contributed by atoms with Crippen LogP contribution in [-0.4, -0.2) is 32.4 Å². The standard InChI is InChI=1S/C12H18N6O2/c1-4-18-11(10(13)7(2)16-18)12(19)14-6-5-9-15-8(3)20-17-9/h4-6,13H2,1-3H3,(H,14,19). The number of nitrogens with one attached hydrogen (secondary N) is 1. The summed E-state index contributed by atoms with van der Waals surface area (Å²) >= 11 is 0. The summed E-state index contributed by atoms with van der Waals surface area (Å²) in [6, 6.07) is 0. The largest absolute Gasteiger partial charge is 0.395 e. The molecule has 0 spiro atoms. The normalized spacial score (nSPS) is 10.8. The minimum atomic E-state index is -0.245.